The summed E-state index contributed by atoms with van der Waals surface area (Å²) in [4.78, 5) is 44.1. The Hall–Kier alpha value is -2.29. The highest BCUT2D eigenvalue weighted by molar-refractivity contribution is 6.05. The van der Waals surface area contributed by atoms with Crippen molar-refractivity contribution in [3.63, 3.8) is 0 Å². The lowest BCUT2D eigenvalue weighted by Crippen LogP contribution is -2.59. The summed E-state index contributed by atoms with van der Waals surface area (Å²) < 4.78 is 0. The lowest BCUT2D eigenvalue weighted by Gasteiger charge is -2.57. The van der Waals surface area contributed by atoms with E-state index in [1.165, 1.54) is 63.6 Å². The molecule has 1 atom stereocenters. The molecule has 8 heteroatoms. The second kappa shape index (κ2) is 11.4. The van der Waals surface area contributed by atoms with Gasteiger partial charge in [0.05, 0.1) is 0 Å². The number of carbonyl (C=O) groups is 3. The van der Waals surface area contributed by atoms with Crippen LogP contribution >= 0.6 is 0 Å². The number of hydrogen-bond donors (Lipinski definition) is 2. The Bertz CT molecular complexity index is 1150. The molecule has 2 N–H and O–H groups in total. The summed E-state index contributed by atoms with van der Waals surface area (Å²) in [7, 11) is 0. The highest BCUT2D eigenvalue weighted by Crippen LogP contribution is 2.55. The van der Waals surface area contributed by atoms with Crippen LogP contribution in [0.15, 0.2) is 18.2 Å². The van der Waals surface area contributed by atoms with Gasteiger partial charge in [-0.3, -0.25) is 19.7 Å². The van der Waals surface area contributed by atoms with Crippen LogP contribution in [0.3, 0.4) is 0 Å². The standard InChI is InChI=1S/C33H47N5O3/c39-30-8-7-29(31(40)35-30)38-22-28-26(4-1-6-27(28)32(38)41)5-2-10-36-11-3-12-37(15-14-36)13-9-34-33-19-23-16-24(20-33)18-25(17-23)21-33/h1,4,6,23-25,29,34H,2-3,5,7-22H2,(H,35,39,40). The van der Waals surface area contributed by atoms with E-state index in [0.29, 0.717) is 18.5 Å². The summed E-state index contributed by atoms with van der Waals surface area (Å²) in [6.07, 6.45) is 12.7. The van der Waals surface area contributed by atoms with Crippen LogP contribution in [0.25, 0.3) is 0 Å². The molecule has 222 valence electrons. The quantitative estimate of drug-likeness (QED) is 0.451. The Morgan fingerprint density at radius 2 is 1.61 bits per heavy atom. The molecule has 0 radical (unpaired) electrons. The molecule has 2 saturated heterocycles. The molecule has 7 aliphatic rings. The SMILES string of the molecule is O=C1CCC(N2Cc3c(CCCN4CCCN(CCNC56CC7CC(CC(C7)C5)C6)CC4)cccc3C2=O)C(=O)N1. The summed E-state index contributed by atoms with van der Waals surface area (Å²) >= 11 is 0. The zero-order valence-corrected chi connectivity index (χ0v) is 24.5. The topological polar surface area (TPSA) is 85.0 Å². The lowest BCUT2D eigenvalue weighted by atomic mass is 9.53. The van der Waals surface area contributed by atoms with Gasteiger partial charge in [-0.1, -0.05) is 12.1 Å². The Kier molecular flexibility index (Phi) is 7.67. The van der Waals surface area contributed by atoms with Gasteiger partial charge < -0.3 is 20.0 Å². The monoisotopic (exact) mass is 561 g/mol. The fraction of sp³-hybridized carbons (Fsp3) is 0.727. The van der Waals surface area contributed by atoms with Crippen LogP contribution in [-0.2, 0) is 22.6 Å². The van der Waals surface area contributed by atoms with Crippen LogP contribution < -0.4 is 10.6 Å². The third-order valence-electron chi connectivity index (χ3n) is 11.2. The van der Waals surface area contributed by atoms with E-state index in [1.807, 2.05) is 12.1 Å². The number of amides is 3. The van der Waals surface area contributed by atoms with Crippen molar-refractivity contribution in [2.24, 2.45) is 17.8 Å². The Balaban J connectivity index is 0.864. The van der Waals surface area contributed by atoms with Crippen LogP contribution in [-0.4, -0.2) is 89.8 Å². The first-order chi connectivity index (χ1) is 19.9. The van der Waals surface area contributed by atoms with Gasteiger partial charge in [-0.25, -0.2) is 0 Å². The zero-order valence-electron chi connectivity index (χ0n) is 24.5. The molecule has 1 unspecified atom stereocenters. The number of nitrogens with one attached hydrogen (secondary N) is 2. The minimum absolute atomic E-state index is 0.0818. The summed E-state index contributed by atoms with van der Waals surface area (Å²) in [6.45, 7) is 8.49. The van der Waals surface area contributed by atoms with Gasteiger partial charge in [0.25, 0.3) is 5.91 Å². The summed E-state index contributed by atoms with van der Waals surface area (Å²) in [5, 5.41) is 6.49. The fourth-order valence-electron chi connectivity index (χ4n) is 9.66. The smallest absolute Gasteiger partial charge is 0.255 e. The second-order valence-corrected chi connectivity index (χ2v) is 14.1. The number of fused-ring (bicyclic) bond motifs is 1. The first kappa shape index (κ1) is 27.5. The summed E-state index contributed by atoms with van der Waals surface area (Å²) in [6, 6.07) is 5.44. The molecule has 4 saturated carbocycles. The van der Waals surface area contributed by atoms with Gasteiger partial charge in [-0.2, -0.15) is 0 Å². The molecular formula is C33H47N5O3. The summed E-state index contributed by atoms with van der Waals surface area (Å²) in [5.74, 6) is 2.33. The maximum atomic E-state index is 13.1. The first-order valence-corrected chi connectivity index (χ1v) is 16.4. The minimum Gasteiger partial charge on any atom is -0.322 e. The van der Waals surface area contributed by atoms with E-state index in [2.05, 4.69) is 26.5 Å². The Morgan fingerprint density at radius 1 is 0.902 bits per heavy atom. The van der Waals surface area contributed by atoms with Crippen molar-refractivity contribution in [3.8, 4) is 0 Å². The molecule has 4 aliphatic carbocycles. The van der Waals surface area contributed by atoms with E-state index in [-0.39, 0.29) is 24.1 Å². The molecule has 3 amide bonds. The molecule has 8 nitrogen and oxygen atoms in total. The largest absolute Gasteiger partial charge is 0.322 e. The van der Waals surface area contributed by atoms with Crippen molar-refractivity contribution in [3.05, 3.63) is 34.9 Å². The van der Waals surface area contributed by atoms with E-state index >= 15 is 0 Å². The molecule has 0 aromatic heterocycles. The molecule has 3 heterocycles. The molecule has 8 rings (SSSR count). The van der Waals surface area contributed by atoms with Crippen molar-refractivity contribution in [2.75, 3.05) is 45.8 Å². The molecule has 41 heavy (non-hydrogen) atoms. The molecule has 6 fully saturated rings. The molecule has 4 bridgehead atoms. The normalized spacial score (nSPS) is 33.8. The van der Waals surface area contributed by atoms with Gasteiger partial charge in [0.15, 0.2) is 0 Å². The average Bonchev–Trinajstić information content (AvgIpc) is 3.10. The number of hydrogen-bond acceptors (Lipinski definition) is 6. The van der Waals surface area contributed by atoms with Crippen molar-refractivity contribution in [1.29, 1.82) is 0 Å². The zero-order chi connectivity index (χ0) is 28.0. The van der Waals surface area contributed by atoms with Gasteiger partial charge in [0.2, 0.25) is 11.8 Å². The van der Waals surface area contributed by atoms with Crippen LogP contribution in [0.4, 0.5) is 0 Å². The van der Waals surface area contributed by atoms with Crippen LogP contribution in [0.5, 0.6) is 0 Å². The van der Waals surface area contributed by atoms with E-state index in [0.717, 1.165) is 74.4 Å². The van der Waals surface area contributed by atoms with Crippen molar-refractivity contribution >= 4 is 17.7 Å². The summed E-state index contributed by atoms with van der Waals surface area (Å²) in [5.41, 5.74) is 3.47. The molecule has 0 spiro atoms. The van der Waals surface area contributed by atoms with Crippen LogP contribution in [0.1, 0.15) is 85.7 Å². The molecular weight excluding hydrogens is 514 g/mol. The van der Waals surface area contributed by atoms with Crippen molar-refractivity contribution < 1.29 is 14.4 Å². The maximum absolute atomic E-state index is 13.1. The number of carbonyl (C=O) groups excluding carboxylic acids is 3. The molecule has 1 aromatic rings. The Morgan fingerprint density at radius 3 is 2.32 bits per heavy atom. The third kappa shape index (κ3) is 5.72. The number of aryl methyl sites for hydroxylation is 1. The van der Waals surface area contributed by atoms with Crippen LogP contribution in [0.2, 0.25) is 0 Å². The number of rotatable bonds is 9. The highest BCUT2D eigenvalue weighted by atomic mass is 16.2. The average molecular weight is 562 g/mol. The molecule has 3 aliphatic heterocycles. The minimum atomic E-state index is -0.553. The van der Waals surface area contributed by atoms with Gasteiger partial charge in [0.1, 0.15) is 6.04 Å². The number of imide groups is 1. The number of nitrogens with zero attached hydrogens (tertiary/aromatic N) is 3. The second-order valence-electron chi connectivity index (χ2n) is 14.1. The first-order valence-electron chi connectivity index (χ1n) is 16.4. The predicted octanol–water partition coefficient (Wildman–Crippen LogP) is 2.95. The third-order valence-corrected chi connectivity index (χ3v) is 11.2. The van der Waals surface area contributed by atoms with E-state index in [9.17, 15) is 14.4 Å². The maximum Gasteiger partial charge on any atom is 0.255 e. The van der Waals surface area contributed by atoms with E-state index < -0.39 is 6.04 Å². The van der Waals surface area contributed by atoms with Crippen molar-refractivity contribution in [1.82, 2.24) is 25.3 Å². The lowest BCUT2D eigenvalue weighted by molar-refractivity contribution is -0.136. The van der Waals surface area contributed by atoms with Crippen molar-refractivity contribution in [2.45, 2.75) is 88.8 Å². The van der Waals surface area contributed by atoms with Gasteiger partial charge in [-0.05, 0) is 119 Å². The molecule has 1 aromatic carbocycles. The number of piperidine rings is 1. The van der Waals surface area contributed by atoms with Gasteiger partial charge >= 0.3 is 0 Å². The van der Waals surface area contributed by atoms with E-state index in [4.69, 9.17) is 0 Å². The number of benzene rings is 1. The van der Waals surface area contributed by atoms with E-state index in [1.54, 1.807) is 4.90 Å². The fourth-order valence-corrected chi connectivity index (χ4v) is 9.66. The van der Waals surface area contributed by atoms with Gasteiger partial charge in [-0.15, -0.1) is 0 Å². The Labute approximate surface area is 244 Å². The van der Waals surface area contributed by atoms with Gasteiger partial charge in [0, 0.05) is 50.2 Å². The predicted molar refractivity (Wildman–Crippen MR) is 157 cm³/mol. The van der Waals surface area contributed by atoms with Crippen LogP contribution in [0, 0.1) is 17.8 Å². The highest BCUT2D eigenvalue weighted by Gasteiger charge is 2.50.